The van der Waals surface area contributed by atoms with E-state index in [9.17, 15) is 4.79 Å². The van der Waals surface area contributed by atoms with Crippen LogP contribution in [0, 0.1) is 0 Å². The van der Waals surface area contributed by atoms with Crippen molar-refractivity contribution in [3.63, 3.8) is 0 Å². The average molecular weight is 399 g/mol. The molecule has 0 saturated carbocycles. The van der Waals surface area contributed by atoms with Crippen molar-refractivity contribution < 1.29 is 19.4 Å². The molecule has 0 unspecified atom stereocenters. The molecule has 3 N–H and O–H groups in total. The van der Waals surface area contributed by atoms with E-state index in [-0.39, 0.29) is 12.6 Å². The molecule has 0 aliphatic carbocycles. The standard InChI is InChI=1S/C23H17N3O4/c24-22-26-23(13-29-22)17-10-14(4-8-21(27)28)3-6-19(17)30-20-7-5-15(11-18(20)23)16-2-1-9-25-12-16/h1-12H,13H2,(H2,24,26)(H,27,28)/t23-/m0/s1. The van der Waals surface area contributed by atoms with Gasteiger partial charge >= 0.3 is 5.97 Å². The molecule has 0 bridgehead atoms. The van der Waals surface area contributed by atoms with Gasteiger partial charge in [-0.15, -0.1) is 0 Å². The molecule has 30 heavy (non-hydrogen) atoms. The highest BCUT2D eigenvalue weighted by Gasteiger charge is 2.47. The summed E-state index contributed by atoms with van der Waals surface area (Å²) in [5, 5.41) is 8.95. The second kappa shape index (κ2) is 6.73. The first kappa shape index (κ1) is 17.9. The largest absolute Gasteiger partial charge is 0.478 e. The van der Waals surface area contributed by atoms with E-state index in [0.29, 0.717) is 17.1 Å². The Hall–Kier alpha value is -4.13. The molecule has 1 aromatic heterocycles. The Morgan fingerprint density at radius 1 is 1.10 bits per heavy atom. The van der Waals surface area contributed by atoms with Gasteiger partial charge in [0.25, 0.3) is 6.02 Å². The number of pyridine rings is 1. The third-order valence-corrected chi connectivity index (χ3v) is 5.24. The van der Waals surface area contributed by atoms with Crippen molar-refractivity contribution >= 4 is 18.1 Å². The van der Waals surface area contributed by atoms with Gasteiger partial charge in [-0.25, -0.2) is 9.79 Å². The van der Waals surface area contributed by atoms with Crippen LogP contribution in [0.15, 0.2) is 72.0 Å². The molecule has 2 aliphatic rings. The molecule has 3 heterocycles. The van der Waals surface area contributed by atoms with Gasteiger partial charge in [-0.1, -0.05) is 18.2 Å². The maximum absolute atomic E-state index is 10.9. The number of hydrogen-bond acceptors (Lipinski definition) is 6. The molecule has 7 nitrogen and oxygen atoms in total. The minimum atomic E-state index is -1.02. The van der Waals surface area contributed by atoms with Crippen LogP contribution in [0.5, 0.6) is 11.5 Å². The van der Waals surface area contributed by atoms with Crippen molar-refractivity contribution in [3.05, 3.63) is 83.7 Å². The number of benzene rings is 2. The molecule has 0 fully saturated rings. The van der Waals surface area contributed by atoms with E-state index in [1.54, 1.807) is 24.5 Å². The third-order valence-electron chi connectivity index (χ3n) is 5.24. The Morgan fingerprint density at radius 3 is 2.60 bits per heavy atom. The molecule has 2 aliphatic heterocycles. The topological polar surface area (TPSA) is 107 Å². The maximum Gasteiger partial charge on any atom is 0.328 e. The molecule has 0 saturated heterocycles. The second-order valence-electron chi connectivity index (χ2n) is 7.08. The minimum Gasteiger partial charge on any atom is -0.478 e. The van der Waals surface area contributed by atoms with Gasteiger partial charge in [0.2, 0.25) is 0 Å². The number of carboxylic acid groups (broad SMARTS) is 1. The summed E-state index contributed by atoms with van der Waals surface area (Å²) < 4.78 is 11.7. The van der Waals surface area contributed by atoms with Crippen molar-refractivity contribution in [3.8, 4) is 22.6 Å². The maximum atomic E-state index is 10.9. The molecular formula is C23H17N3O4. The lowest BCUT2D eigenvalue weighted by Crippen LogP contribution is -2.31. The smallest absolute Gasteiger partial charge is 0.328 e. The van der Waals surface area contributed by atoms with E-state index in [2.05, 4.69) is 9.98 Å². The number of nitrogens with zero attached hydrogens (tertiary/aromatic N) is 2. The van der Waals surface area contributed by atoms with Crippen molar-refractivity contribution in [2.24, 2.45) is 10.7 Å². The molecule has 3 aromatic rings. The zero-order chi connectivity index (χ0) is 20.7. The normalized spacial score (nSPS) is 19.0. The number of amidine groups is 1. The first-order chi connectivity index (χ1) is 14.5. The fourth-order valence-corrected chi connectivity index (χ4v) is 3.86. The molecule has 2 aromatic carbocycles. The van der Waals surface area contributed by atoms with Crippen LogP contribution < -0.4 is 10.5 Å². The van der Waals surface area contributed by atoms with Crippen molar-refractivity contribution in [2.45, 2.75) is 5.54 Å². The SMILES string of the molecule is NC1=N[C@@]2(CO1)c1cc(C=CC(=O)O)ccc1Oc1ccc(-c3cccnc3)cc12. The number of nitrogens with two attached hydrogens (primary N) is 1. The molecule has 148 valence electrons. The van der Waals surface area contributed by atoms with Gasteiger partial charge in [0.1, 0.15) is 18.1 Å². The van der Waals surface area contributed by atoms with Gasteiger partial charge in [0.05, 0.1) is 0 Å². The lowest BCUT2D eigenvalue weighted by Gasteiger charge is -2.34. The number of rotatable bonds is 3. The summed E-state index contributed by atoms with van der Waals surface area (Å²) in [4.78, 5) is 19.8. The van der Waals surface area contributed by atoms with Crippen LogP contribution in [0.2, 0.25) is 0 Å². The van der Waals surface area contributed by atoms with Crippen LogP contribution in [-0.4, -0.2) is 28.7 Å². The van der Waals surface area contributed by atoms with Crippen LogP contribution in [0.4, 0.5) is 0 Å². The molecule has 7 heteroatoms. The summed E-state index contributed by atoms with van der Waals surface area (Å²) >= 11 is 0. The Labute approximate surface area is 172 Å². The molecular weight excluding hydrogens is 382 g/mol. The van der Waals surface area contributed by atoms with E-state index >= 15 is 0 Å². The monoisotopic (exact) mass is 399 g/mol. The second-order valence-corrected chi connectivity index (χ2v) is 7.08. The summed E-state index contributed by atoms with van der Waals surface area (Å²) in [5.74, 6) is 0.286. The summed E-state index contributed by atoms with van der Waals surface area (Å²) in [7, 11) is 0. The van der Waals surface area contributed by atoms with Crippen molar-refractivity contribution in [1.29, 1.82) is 0 Å². The number of fused-ring (bicyclic) bond motifs is 4. The number of carboxylic acids is 1. The van der Waals surface area contributed by atoms with E-state index in [4.69, 9.17) is 20.3 Å². The van der Waals surface area contributed by atoms with Crippen LogP contribution in [-0.2, 0) is 15.1 Å². The fourth-order valence-electron chi connectivity index (χ4n) is 3.86. The highest BCUT2D eigenvalue weighted by molar-refractivity contribution is 5.85. The molecule has 0 amide bonds. The predicted molar refractivity (Wildman–Crippen MR) is 111 cm³/mol. The number of aromatic nitrogens is 1. The molecule has 1 spiro atoms. The summed E-state index contributed by atoms with van der Waals surface area (Å²) in [6.45, 7) is 0.227. The number of ether oxygens (including phenoxy) is 2. The Morgan fingerprint density at radius 2 is 1.90 bits per heavy atom. The summed E-state index contributed by atoms with van der Waals surface area (Å²) in [5.41, 5.74) is 9.30. The van der Waals surface area contributed by atoms with Crippen LogP contribution >= 0.6 is 0 Å². The zero-order valence-electron chi connectivity index (χ0n) is 15.8. The van der Waals surface area contributed by atoms with Crippen molar-refractivity contribution in [2.75, 3.05) is 6.61 Å². The summed E-state index contributed by atoms with van der Waals surface area (Å²) in [6, 6.07) is 15.3. The Kier molecular flexibility index (Phi) is 4.03. The third kappa shape index (κ3) is 2.88. The van der Waals surface area contributed by atoms with Crippen LogP contribution in [0.1, 0.15) is 16.7 Å². The lowest BCUT2D eigenvalue weighted by molar-refractivity contribution is -0.131. The molecule has 0 radical (unpaired) electrons. The highest BCUT2D eigenvalue weighted by Crippen LogP contribution is 2.51. The average Bonchev–Trinajstić information content (AvgIpc) is 3.15. The van der Waals surface area contributed by atoms with Gasteiger partial charge in [0.15, 0.2) is 5.54 Å². The Bertz CT molecular complexity index is 1220. The quantitative estimate of drug-likeness (QED) is 0.653. The van der Waals surface area contributed by atoms with Gasteiger partial charge in [-0.2, -0.15) is 0 Å². The fraction of sp³-hybridized carbons (Fsp3) is 0.0870. The van der Waals surface area contributed by atoms with E-state index in [1.165, 1.54) is 6.08 Å². The lowest BCUT2D eigenvalue weighted by atomic mass is 9.80. The number of carbonyl (C=O) groups is 1. The summed E-state index contributed by atoms with van der Waals surface area (Å²) in [6.07, 6.45) is 6.14. The van der Waals surface area contributed by atoms with Gasteiger partial charge in [-0.05, 0) is 47.5 Å². The van der Waals surface area contributed by atoms with Crippen LogP contribution in [0.25, 0.3) is 17.2 Å². The molecule has 1 atom stereocenters. The molecule has 5 rings (SSSR count). The van der Waals surface area contributed by atoms with E-state index in [1.807, 2.05) is 36.4 Å². The first-order valence-electron chi connectivity index (χ1n) is 9.32. The first-order valence-corrected chi connectivity index (χ1v) is 9.32. The van der Waals surface area contributed by atoms with Crippen molar-refractivity contribution in [1.82, 2.24) is 4.98 Å². The number of aliphatic imine (C=N–C) groups is 1. The van der Waals surface area contributed by atoms with Gasteiger partial charge in [-0.3, -0.25) is 4.98 Å². The zero-order valence-corrected chi connectivity index (χ0v) is 15.8. The van der Waals surface area contributed by atoms with Crippen LogP contribution in [0.3, 0.4) is 0 Å². The Balaban J connectivity index is 1.69. The minimum absolute atomic E-state index is 0.104. The predicted octanol–water partition coefficient (Wildman–Crippen LogP) is 3.54. The van der Waals surface area contributed by atoms with E-state index < -0.39 is 11.5 Å². The number of hydrogen-bond donors (Lipinski definition) is 2. The van der Waals surface area contributed by atoms with E-state index in [0.717, 1.165) is 28.3 Å². The van der Waals surface area contributed by atoms with Gasteiger partial charge in [0, 0.05) is 35.2 Å². The van der Waals surface area contributed by atoms with Gasteiger partial charge < -0.3 is 20.3 Å². The number of aliphatic carboxylic acids is 1. The highest BCUT2D eigenvalue weighted by atomic mass is 16.5.